The van der Waals surface area contributed by atoms with Gasteiger partial charge in [0.15, 0.2) is 5.78 Å². The molecule has 2 aromatic rings. The summed E-state index contributed by atoms with van der Waals surface area (Å²) in [5.41, 5.74) is 1.84. The molecule has 1 heterocycles. The van der Waals surface area contributed by atoms with Crippen LogP contribution in [-0.4, -0.2) is 29.3 Å². The molecule has 0 radical (unpaired) electrons. The van der Waals surface area contributed by atoms with Crippen LogP contribution in [0.15, 0.2) is 47.1 Å². The van der Waals surface area contributed by atoms with Crippen molar-refractivity contribution in [3.05, 3.63) is 58.3 Å². The van der Waals surface area contributed by atoms with Gasteiger partial charge in [0.1, 0.15) is 0 Å². The molecule has 0 atom stereocenters. The first-order chi connectivity index (χ1) is 8.66. The summed E-state index contributed by atoms with van der Waals surface area (Å²) in [4.78, 5) is 16.8. The molecule has 0 bridgehead atoms. The zero-order valence-electron chi connectivity index (χ0n) is 10.2. The normalized spacial score (nSPS) is 10.8. The van der Waals surface area contributed by atoms with Gasteiger partial charge in [-0.05, 0) is 30.8 Å². The summed E-state index contributed by atoms with van der Waals surface area (Å²) in [5.74, 6) is 0.106. The monoisotopic (exact) mass is 306 g/mol. The Hall–Kier alpha value is -1.39. The third-order valence-corrected chi connectivity index (χ3v) is 3.48. The number of hydrogen-bond donors (Lipinski definition) is 1. The minimum atomic E-state index is 0.106. The fraction of sp³-hybridized carbons (Fsp3) is 0.214. The quantitative estimate of drug-likeness (QED) is 0.862. The van der Waals surface area contributed by atoms with Crippen LogP contribution in [0.3, 0.4) is 0 Å². The fourth-order valence-corrected chi connectivity index (χ4v) is 2.22. The molecule has 94 valence electrons. The number of carbonyl (C=O) groups excluding carboxylic acids is 1. The second-order valence-corrected chi connectivity index (χ2v) is 5.13. The standard InChI is InChI=1S/C14H15BrN2O/c1-17(9-11-5-2-3-6-12(11)15)10-14(18)13-7-4-8-16-13/h2-8,16H,9-10H2,1H3. The lowest BCUT2D eigenvalue weighted by atomic mass is 10.2. The Bertz CT molecular complexity index is 522. The molecule has 0 saturated heterocycles. The number of carbonyl (C=O) groups is 1. The van der Waals surface area contributed by atoms with Crippen molar-refractivity contribution in [2.24, 2.45) is 0 Å². The Labute approximate surface area is 115 Å². The topological polar surface area (TPSA) is 36.1 Å². The highest BCUT2D eigenvalue weighted by Gasteiger charge is 2.11. The number of hydrogen-bond acceptors (Lipinski definition) is 2. The molecule has 0 fully saturated rings. The minimum Gasteiger partial charge on any atom is -0.359 e. The van der Waals surface area contributed by atoms with Crippen LogP contribution in [0.4, 0.5) is 0 Å². The number of rotatable bonds is 5. The zero-order valence-corrected chi connectivity index (χ0v) is 11.8. The van der Waals surface area contributed by atoms with Crippen LogP contribution in [-0.2, 0) is 6.54 Å². The third kappa shape index (κ3) is 3.31. The maximum Gasteiger partial charge on any atom is 0.192 e. The number of nitrogens with one attached hydrogen (secondary N) is 1. The lowest BCUT2D eigenvalue weighted by Crippen LogP contribution is -2.25. The number of Topliss-reactive ketones (excluding diaryl/α,β-unsaturated/α-hetero) is 1. The molecule has 0 unspecified atom stereocenters. The van der Waals surface area contributed by atoms with E-state index in [2.05, 4.69) is 27.0 Å². The number of aromatic nitrogens is 1. The second kappa shape index (κ2) is 5.98. The number of H-pyrrole nitrogens is 1. The predicted octanol–water partition coefficient (Wildman–Crippen LogP) is 3.09. The number of nitrogens with zero attached hydrogens (tertiary/aromatic N) is 1. The van der Waals surface area contributed by atoms with Crippen molar-refractivity contribution in [2.75, 3.05) is 13.6 Å². The summed E-state index contributed by atoms with van der Waals surface area (Å²) >= 11 is 3.51. The van der Waals surface area contributed by atoms with Crippen LogP contribution in [0.1, 0.15) is 16.1 Å². The maximum atomic E-state index is 11.9. The largest absolute Gasteiger partial charge is 0.359 e. The molecule has 0 amide bonds. The molecule has 3 nitrogen and oxygen atoms in total. The third-order valence-electron chi connectivity index (χ3n) is 2.71. The number of aromatic amines is 1. The van der Waals surface area contributed by atoms with Gasteiger partial charge in [-0.25, -0.2) is 0 Å². The van der Waals surface area contributed by atoms with E-state index in [9.17, 15) is 4.79 Å². The van der Waals surface area contributed by atoms with Crippen molar-refractivity contribution in [1.82, 2.24) is 9.88 Å². The summed E-state index contributed by atoms with van der Waals surface area (Å²) in [5, 5.41) is 0. The van der Waals surface area contributed by atoms with Gasteiger partial charge >= 0.3 is 0 Å². The van der Waals surface area contributed by atoms with Gasteiger partial charge in [0, 0.05) is 17.2 Å². The van der Waals surface area contributed by atoms with E-state index in [1.165, 1.54) is 5.56 Å². The zero-order chi connectivity index (χ0) is 13.0. The van der Waals surface area contributed by atoms with Crippen molar-refractivity contribution >= 4 is 21.7 Å². The first kappa shape index (κ1) is 13.1. The van der Waals surface area contributed by atoms with Crippen molar-refractivity contribution in [2.45, 2.75) is 6.54 Å². The first-order valence-corrected chi connectivity index (χ1v) is 6.54. The SMILES string of the molecule is CN(CC(=O)c1ccc[nH]1)Cc1ccccc1Br. The Morgan fingerprint density at radius 3 is 2.72 bits per heavy atom. The van der Waals surface area contributed by atoms with Gasteiger partial charge in [-0.3, -0.25) is 9.69 Å². The van der Waals surface area contributed by atoms with E-state index in [0.29, 0.717) is 12.2 Å². The lowest BCUT2D eigenvalue weighted by Gasteiger charge is -2.16. The molecule has 2 rings (SSSR count). The number of halogens is 1. The van der Waals surface area contributed by atoms with Gasteiger partial charge < -0.3 is 4.98 Å². The van der Waals surface area contributed by atoms with Crippen molar-refractivity contribution in [3.63, 3.8) is 0 Å². The van der Waals surface area contributed by atoms with Gasteiger partial charge in [0.2, 0.25) is 0 Å². The molecular weight excluding hydrogens is 292 g/mol. The molecule has 18 heavy (non-hydrogen) atoms. The van der Waals surface area contributed by atoms with E-state index in [1.54, 1.807) is 12.3 Å². The molecule has 0 spiro atoms. The van der Waals surface area contributed by atoms with Crippen LogP contribution in [0.5, 0.6) is 0 Å². The van der Waals surface area contributed by atoms with E-state index >= 15 is 0 Å². The van der Waals surface area contributed by atoms with Gasteiger partial charge in [-0.2, -0.15) is 0 Å². The molecule has 4 heteroatoms. The first-order valence-electron chi connectivity index (χ1n) is 5.75. The molecule has 1 aromatic carbocycles. The Kier molecular flexibility index (Phi) is 4.33. The van der Waals surface area contributed by atoms with E-state index in [0.717, 1.165) is 11.0 Å². The van der Waals surface area contributed by atoms with Crippen LogP contribution >= 0.6 is 15.9 Å². The highest BCUT2D eigenvalue weighted by Crippen LogP contribution is 2.17. The van der Waals surface area contributed by atoms with Gasteiger partial charge in [0.25, 0.3) is 0 Å². The molecular formula is C14H15BrN2O. The van der Waals surface area contributed by atoms with Crippen LogP contribution in [0.2, 0.25) is 0 Å². The molecule has 0 aliphatic rings. The number of ketones is 1. The average molecular weight is 307 g/mol. The lowest BCUT2D eigenvalue weighted by molar-refractivity contribution is 0.0938. The Morgan fingerprint density at radius 1 is 1.28 bits per heavy atom. The Morgan fingerprint density at radius 2 is 2.06 bits per heavy atom. The summed E-state index contributed by atoms with van der Waals surface area (Å²) < 4.78 is 1.07. The molecule has 0 aliphatic carbocycles. The molecule has 0 aliphatic heterocycles. The van der Waals surface area contributed by atoms with Gasteiger partial charge in [0.05, 0.1) is 12.2 Å². The summed E-state index contributed by atoms with van der Waals surface area (Å²) in [6.07, 6.45) is 1.76. The summed E-state index contributed by atoms with van der Waals surface area (Å²) in [7, 11) is 1.94. The summed E-state index contributed by atoms with van der Waals surface area (Å²) in [6.45, 7) is 1.15. The predicted molar refractivity (Wildman–Crippen MR) is 75.6 cm³/mol. The highest BCUT2D eigenvalue weighted by atomic mass is 79.9. The second-order valence-electron chi connectivity index (χ2n) is 4.27. The van der Waals surface area contributed by atoms with E-state index < -0.39 is 0 Å². The maximum absolute atomic E-state index is 11.9. The van der Waals surface area contributed by atoms with Crippen molar-refractivity contribution in [3.8, 4) is 0 Å². The van der Waals surface area contributed by atoms with E-state index in [-0.39, 0.29) is 5.78 Å². The van der Waals surface area contributed by atoms with Crippen LogP contribution in [0, 0.1) is 0 Å². The van der Waals surface area contributed by atoms with E-state index in [4.69, 9.17) is 0 Å². The van der Waals surface area contributed by atoms with Crippen molar-refractivity contribution < 1.29 is 4.79 Å². The number of benzene rings is 1. The molecule has 1 N–H and O–H groups in total. The average Bonchev–Trinajstić information content (AvgIpc) is 2.85. The molecule has 1 aromatic heterocycles. The Balaban J connectivity index is 1.95. The minimum absolute atomic E-state index is 0.106. The van der Waals surface area contributed by atoms with E-state index in [1.807, 2.05) is 36.2 Å². The smallest absolute Gasteiger partial charge is 0.192 e. The van der Waals surface area contributed by atoms with Crippen LogP contribution in [0.25, 0.3) is 0 Å². The number of likely N-dealkylation sites (N-methyl/N-ethyl adjacent to an activating group) is 1. The van der Waals surface area contributed by atoms with Gasteiger partial charge in [-0.15, -0.1) is 0 Å². The summed E-state index contributed by atoms with van der Waals surface area (Å²) in [6, 6.07) is 11.7. The fourth-order valence-electron chi connectivity index (χ4n) is 1.81. The van der Waals surface area contributed by atoms with Crippen LogP contribution < -0.4 is 0 Å². The van der Waals surface area contributed by atoms with Gasteiger partial charge in [-0.1, -0.05) is 34.1 Å². The molecule has 0 saturated carbocycles. The highest BCUT2D eigenvalue weighted by molar-refractivity contribution is 9.10. The van der Waals surface area contributed by atoms with Crippen molar-refractivity contribution in [1.29, 1.82) is 0 Å².